The number of carboxylic acids is 1. The molecule has 0 radical (unpaired) electrons. The van der Waals surface area contributed by atoms with Gasteiger partial charge in [-0.3, -0.25) is 19.2 Å². The third-order valence-corrected chi connectivity index (χ3v) is 11.3. The maximum Gasteiger partial charge on any atom is 0.303 e. The molecule has 0 bridgehead atoms. The van der Waals surface area contributed by atoms with Crippen LogP contribution in [-0.2, 0) is 23.9 Å². The van der Waals surface area contributed by atoms with Crippen molar-refractivity contribution in [2.24, 2.45) is 0 Å². The molecule has 6 N–H and O–H groups in total. The van der Waals surface area contributed by atoms with Crippen LogP contribution in [0.15, 0.2) is 0 Å². The molecule has 1 rings (SSSR count). The number of aliphatic hydroxyl groups is 3. The fourth-order valence-electron chi connectivity index (χ4n) is 7.73. The summed E-state index contributed by atoms with van der Waals surface area (Å²) in [6.07, 6.45) is 27.1. The standard InChI is InChI=1S/C45H85N3O9/c1-3-5-7-9-11-13-15-17-18-19-20-22-24-26-28-32-40(52)48(34-29-27-25-23-21-16-14-12-10-8-6-4-2)45-42(44(56)43(55)37(36-49)57-45)47-39(51)35-46-38(50)31-30-33-41(53)54/h37,42-45,49,55-56H,3-36H2,1-2H3,(H,46,50)(H,47,51)(H,53,54)/t37-,42+,43-,44-,45-/m1/s1. The highest BCUT2D eigenvalue weighted by molar-refractivity contribution is 5.85. The summed E-state index contributed by atoms with van der Waals surface area (Å²) in [5.74, 6) is -2.33. The quantitative estimate of drug-likeness (QED) is 0.0336. The van der Waals surface area contributed by atoms with Crippen molar-refractivity contribution in [2.75, 3.05) is 19.7 Å². The largest absolute Gasteiger partial charge is 0.481 e. The first-order valence-electron chi connectivity index (χ1n) is 23.4. The first-order valence-corrected chi connectivity index (χ1v) is 23.4. The van der Waals surface area contributed by atoms with Gasteiger partial charge in [0.1, 0.15) is 24.4 Å². The van der Waals surface area contributed by atoms with Crippen molar-refractivity contribution >= 4 is 23.7 Å². The number of amides is 3. The monoisotopic (exact) mass is 812 g/mol. The molecule has 5 atom stereocenters. The van der Waals surface area contributed by atoms with Crippen LogP contribution in [0.5, 0.6) is 0 Å². The van der Waals surface area contributed by atoms with Crippen molar-refractivity contribution in [2.45, 2.75) is 243 Å². The fourth-order valence-corrected chi connectivity index (χ4v) is 7.73. The van der Waals surface area contributed by atoms with Gasteiger partial charge in [-0.15, -0.1) is 0 Å². The summed E-state index contributed by atoms with van der Waals surface area (Å²) in [6.45, 7) is 3.81. The molecule has 0 aromatic rings. The van der Waals surface area contributed by atoms with Crippen molar-refractivity contribution in [3.63, 3.8) is 0 Å². The normalized spacial score (nSPS) is 19.4. The summed E-state index contributed by atoms with van der Waals surface area (Å²) >= 11 is 0. The molecule has 1 fully saturated rings. The van der Waals surface area contributed by atoms with E-state index in [-0.39, 0.29) is 31.6 Å². The van der Waals surface area contributed by atoms with Gasteiger partial charge in [0.2, 0.25) is 17.7 Å². The highest BCUT2D eigenvalue weighted by atomic mass is 16.5. The summed E-state index contributed by atoms with van der Waals surface area (Å²) in [5, 5.41) is 45.9. The minimum Gasteiger partial charge on any atom is -0.481 e. The Bertz CT molecular complexity index is 1030. The van der Waals surface area contributed by atoms with Gasteiger partial charge in [-0.1, -0.05) is 174 Å². The molecule has 12 heteroatoms. The second-order valence-corrected chi connectivity index (χ2v) is 16.5. The highest BCUT2D eigenvalue weighted by Gasteiger charge is 2.48. The number of aliphatic carboxylic acids is 1. The number of rotatable bonds is 38. The van der Waals surface area contributed by atoms with Crippen molar-refractivity contribution in [3.8, 4) is 0 Å². The molecule has 0 unspecified atom stereocenters. The predicted molar refractivity (Wildman–Crippen MR) is 227 cm³/mol. The van der Waals surface area contributed by atoms with Crippen LogP contribution < -0.4 is 10.6 Å². The van der Waals surface area contributed by atoms with Crippen LogP contribution in [0.2, 0.25) is 0 Å². The summed E-state index contributed by atoms with van der Waals surface area (Å²) in [6, 6.07) is -1.21. The number of hydrogen-bond donors (Lipinski definition) is 6. The average Bonchev–Trinajstić information content (AvgIpc) is 3.19. The van der Waals surface area contributed by atoms with Gasteiger partial charge >= 0.3 is 5.97 Å². The van der Waals surface area contributed by atoms with E-state index in [0.717, 1.165) is 38.5 Å². The number of hydrogen-bond acceptors (Lipinski definition) is 8. The molecule has 0 aromatic heterocycles. The van der Waals surface area contributed by atoms with E-state index in [9.17, 15) is 34.5 Å². The van der Waals surface area contributed by atoms with E-state index in [4.69, 9.17) is 9.84 Å². The SMILES string of the molecule is CCCCCCCCCCCCCCCCCC(=O)N(CCCCCCCCCCCCCC)[C@@H]1O[C@H](CO)[C@@H](O)[C@H](O)[C@@H]1NC(=O)CNC(=O)CCCC(=O)O. The third kappa shape index (κ3) is 26.4. The molecular weight excluding hydrogens is 727 g/mol. The molecule has 1 aliphatic heterocycles. The Balaban J connectivity index is 2.74. The number of nitrogens with one attached hydrogen (secondary N) is 2. The maximum absolute atomic E-state index is 13.9. The van der Waals surface area contributed by atoms with Crippen molar-refractivity contribution < 1.29 is 44.3 Å². The molecular formula is C45H85N3O9. The number of carbonyl (C=O) groups is 4. The zero-order valence-electron chi connectivity index (χ0n) is 36.2. The molecule has 1 heterocycles. The van der Waals surface area contributed by atoms with E-state index >= 15 is 0 Å². The van der Waals surface area contributed by atoms with Crippen LogP contribution in [0, 0.1) is 0 Å². The second kappa shape index (κ2) is 35.6. The van der Waals surface area contributed by atoms with Gasteiger partial charge in [0.15, 0.2) is 6.23 Å². The number of ether oxygens (including phenoxy) is 1. The smallest absolute Gasteiger partial charge is 0.303 e. The van der Waals surface area contributed by atoms with Crippen LogP contribution in [0.3, 0.4) is 0 Å². The van der Waals surface area contributed by atoms with Gasteiger partial charge in [-0.05, 0) is 19.3 Å². The van der Waals surface area contributed by atoms with Crippen molar-refractivity contribution in [1.82, 2.24) is 15.5 Å². The lowest BCUT2D eigenvalue weighted by Crippen LogP contribution is -2.69. The molecule has 1 aliphatic rings. The van der Waals surface area contributed by atoms with Crippen LogP contribution in [0.1, 0.15) is 213 Å². The number of unbranched alkanes of at least 4 members (excludes halogenated alkanes) is 25. The fraction of sp³-hybridized carbons (Fsp3) is 0.911. The van der Waals surface area contributed by atoms with E-state index in [1.165, 1.54) is 122 Å². The Morgan fingerprint density at radius 3 is 1.42 bits per heavy atom. The topological polar surface area (TPSA) is 186 Å². The van der Waals surface area contributed by atoms with Gasteiger partial charge in [-0.25, -0.2) is 0 Å². The molecule has 57 heavy (non-hydrogen) atoms. The number of carbonyl (C=O) groups excluding carboxylic acids is 3. The van der Waals surface area contributed by atoms with Crippen LogP contribution in [-0.4, -0.2) is 99.3 Å². The molecule has 334 valence electrons. The number of aliphatic hydroxyl groups excluding tert-OH is 3. The second-order valence-electron chi connectivity index (χ2n) is 16.5. The third-order valence-electron chi connectivity index (χ3n) is 11.3. The van der Waals surface area contributed by atoms with Crippen LogP contribution in [0.25, 0.3) is 0 Å². The minimum atomic E-state index is -1.54. The number of nitrogens with zero attached hydrogens (tertiary/aromatic N) is 1. The summed E-state index contributed by atoms with van der Waals surface area (Å²) in [5.41, 5.74) is 0. The van der Waals surface area contributed by atoms with E-state index in [1.54, 1.807) is 4.90 Å². The van der Waals surface area contributed by atoms with Crippen LogP contribution in [0.4, 0.5) is 0 Å². The van der Waals surface area contributed by atoms with Gasteiger partial charge in [0.25, 0.3) is 0 Å². The number of carboxylic acid groups (broad SMARTS) is 1. The summed E-state index contributed by atoms with van der Waals surface area (Å²) in [4.78, 5) is 51.4. The molecule has 0 saturated carbocycles. The van der Waals surface area contributed by atoms with E-state index in [1.807, 2.05) is 0 Å². The van der Waals surface area contributed by atoms with E-state index < -0.39 is 61.5 Å². The van der Waals surface area contributed by atoms with Crippen molar-refractivity contribution in [1.29, 1.82) is 0 Å². The van der Waals surface area contributed by atoms with E-state index in [0.29, 0.717) is 19.4 Å². The Kier molecular flexibility index (Phi) is 33.0. The molecule has 0 spiro atoms. The minimum absolute atomic E-state index is 0.0606. The Morgan fingerprint density at radius 2 is 0.982 bits per heavy atom. The molecule has 1 saturated heterocycles. The lowest BCUT2D eigenvalue weighted by Gasteiger charge is -2.47. The average molecular weight is 812 g/mol. The first kappa shape index (κ1) is 52.7. The Labute approximate surface area is 346 Å². The molecule has 3 amide bonds. The van der Waals surface area contributed by atoms with Gasteiger partial charge in [0.05, 0.1) is 13.2 Å². The maximum atomic E-state index is 13.9. The summed E-state index contributed by atoms with van der Waals surface area (Å²) < 4.78 is 6.09. The lowest BCUT2D eigenvalue weighted by atomic mass is 9.94. The van der Waals surface area contributed by atoms with Crippen molar-refractivity contribution in [3.05, 3.63) is 0 Å². The van der Waals surface area contributed by atoms with Gasteiger partial charge in [0, 0.05) is 25.8 Å². The van der Waals surface area contributed by atoms with E-state index in [2.05, 4.69) is 24.5 Å². The zero-order chi connectivity index (χ0) is 41.9. The summed E-state index contributed by atoms with van der Waals surface area (Å²) in [7, 11) is 0. The Morgan fingerprint density at radius 1 is 0.544 bits per heavy atom. The molecule has 0 aliphatic carbocycles. The Hall–Kier alpha value is -2.28. The predicted octanol–water partition coefficient (Wildman–Crippen LogP) is 8.07. The van der Waals surface area contributed by atoms with Gasteiger partial charge < -0.3 is 40.7 Å². The zero-order valence-corrected chi connectivity index (χ0v) is 36.2. The lowest BCUT2D eigenvalue weighted by molar-refractivity contribution is -0.231. The van der Waals surface area contributed by atoms with Gasteiger partial charge in [-0.2, -0.15) is 0 Å². The van der Waals surface area contributed by atoms with Crippen LogP contribution >= 0.6 is 0 Å². The molecule has 12 nitrogen and oxygen atoms in total. The molecule has 0 aromatic carbocycles. The first-order chi connectivity index (χ1) is 27.7. The highest BCUT2D eigenvalue weighted by Crippen LogP contribution is 2.26.